The van der Waals surface area contributed by atoms with Crippen LogP contribution in [0.4, 0.5) is 0 Å². The van der Waals surface area contributed by atoms with Crippen molar-refractivity contribution in [2.24, 2.45) is 0 Å². The molecule has 0 spiro atoms. The lowest BCUT2D eigenvalue weighted by Crippen LogP contribution is -2.45. The third-order valence-electron chi connectivity index (χ3n) is 11.1. The van der Waals surface area contributed by atoms with Crippen molar-refractivity contribution in [2.45, 2.75) is 264 Å². The van der Waals surface area contributed by atoms with E-state index in [1.54, 1.807) is 6.08 Å². The number of aliphatic hydroxyl groups excluding tert-OH is 2. The van der Waals surface area contributed by atoms with Gasteiger partial charge in [0.15, 0.2) is 0 Å². The molecule has 0 bridgehead atoms. The largest absolute Gasteiger partial charge is 0.466 e. The van der Waals surface area contributed by atoms with E-state index in [0.29, 0.717) is 19.4 Å². The average Bonchev–Trinajstić information content (AvgIpc) is 3.21. The quantitative estimate of drug-likeness (QED) is 0.0324. The Balaban J connectivity index is 3.49. The highest BCUT2D eigenvalue weighted by Crippen LogP contribution is 2.14. The molecule has 57 heavy (non-hydrogen) atoms. The molecule has 0 aromatic heterocycles. The summed E-state index contributed by atoms with van der Waals surface area (Å²) in [6.45, 7) is 4.83. The summed E-state index contributed by atoms with van der Waals surface area (Å²) < 4.78 is 5.45. The molecule has 0 saturated heterocycles. The van der Waals surface area contributed by atoms with E-state index in [1.807, 2.05) is 6.08 Å². The molecule has 0 aliphatic heterocycles. The van der Waals surface area contributed by atoms with Crippen LogP contribution in [0.3, 0.4) is 0 Å². The Kier molecular flexibility index (Phi) is 45.2. The summed E-state index contributed by atoms with van der Waals surface area (Å²) in [6, 6.07) is -0.638. The van der Waals surface area contributed by atoms with Gasteiger partial charge in [0.05, 0.1) is 25.4 Å². The Hall–Kier alpha value is -1.92. The van der Waals surface area contributed by atoms with Crippen molar-refractivity contribution in [1.29, 1.82) is 0 Å². The second kappa shape index (κ2) is 46.8. The van der Waals surface area contributed by atoms with Gasteiger partial charge >= 0.3 is 5.97 Å². The van der Waals surface area contributed by atoms with Crippen molar-refractivity contribution in [1.82, 2.24) is 5.32 Å². The number of allylic oxidation sites excluding steroid dienone is 5. The molecule has 3 N–H and O–H groups in total. The zero-order chi connectivity index (χ0) is 41.5. The van der Waals surface area contributed by atoms with E-state index >= 15 is 0 Å². The van der Waals surface area contributed by atoms with Gasteiger partial charge in [-0.2, -0.15) is 0 Å². The lowest BCUT2D eigenvalue weighted by Gasteiger charge is -2.20. The van der Waals surface area contributed by atoms with Gasteiger partial charge in [0.25, 0.3) is 0 Å². The molecular formula is C51H95NO5. The molecule has 6 heteroatoms. The van der Waals surface area contributed by atoms with E-state index in [0.717, 1.165) is 70.6 Å². The van der Waals surface area contributed by atoms with Crippen molar-refractivity contribution in [2.75, 3.05) is 13.2 Å². The van der Waals surface area contributed by atoms with Gasteiger partial charge in [-0.3, -0.25) is 9.59 Å². The number of hydrogen-bond donors (Lipinski definition) is 3. The van der Waals surface area contributed by atoms with E-state index in [2.05, 4.69) is 43.5 Å². The van der Waals surface area contributed by atoms with Crippen molar-refractivity contribution in [3.63, 3.8) is 0 Å². The lowest BCUT2D eigenvalue weighted by atomic mass is 10.1. The standard InChI is InChI=1S/C51H95NO5/c1-3-5-7-9-11-13-15-16-18-22-25-29-33-37-41-45-51(56)57-46-42-38-34-30-26-23-20-17-19-21-24-28-32-36-40-44-50(55)52-48(47-53)49(54)43-39-35-31-27-14-12-10-8-6-4-2/h16,18,20,23,39,43,48-49,53-54H,3-15,17,19,21-22,24-38,40-42,44-47H2,1-2H3,(H,52,55)/b18-16-,23-20-,43-39+. The van der Waals surface area contributed by atoms with Gasteiger partial charge < -0.3 is 20.3 Å². The first kappa shape index (κ1) is 55.1. The second-order valence-corrected chi connectivity index (χ2v) is 16.8. The molecule has 0 aromatic carbocycles. The first-order valence-corrected chi connectivity index (χ1v) is 24.8. The summed E-state index contributed by atoms with van der Waals surface area (Å²) in [5.74, 6) is -0.107. The van der Waals surface area contributed by atoms with Crippen molar-refractivity contribution < 1.29 is 24.5 Å². The molecule has 0 aliphatic carbocycles. The number of aliphatic hydroxyl groups is 2. The molecule has 0 heterocycles. The maximum Gasteiger partial charge on any atom is 0.305 e. The highest BCUT2D eigenvalue weighted by molar-refractivity contribution is 5.76. The fourth-order valence-corrected chi connectivity index (χ4v) is 7.27. The van der Waals surface area contributed by atoms with Crippen LogP contribution in [-0.2, 0) is 14.3 Å². The molecule has 0 saturated carbocycles. The van der Waals surface area contributed by atoms with E-state index in [4.69, 9.17) is 4.74 Å². The number of carbonyl (C=O) groups excluding carboxylic acids is 2. The van der Waals surface area contributed by atoms with Crippen molar-refractivity contribution in [3.05, 3.63) is 36.5 Å². The minimum absolute atomic E-state index is 0.0202. The van der Waals surface area contributed by atoms with Crippen LogP contribution in [0.15, 0.2) is 36.5 Å². The van der Waals surface area contributed by atoms with Crippen LogP contribution in [0.2, 0.25) is 0 Å². The molecule has 334 valence electrons. The summed E-state index contributed by atoms with van der Waals surface area (Å²) >= 11 is 0. The van der Waals surface area contributed by atoms with Gasteiger partial charge in [0.1, 0.15) is 0 Å². The average molecular weight is 802 g/mol. The zero-order valence-electron chi connectivity index (χ0n) is 37.8. The molecule has 0 radical (unpaired) electrons. The van der Waals surface area contributed by atoms with Crippen LogP contribution in [0.5, 0.6) is 0 Å². The predicted octanol–water partition coefficient (Wildman–Crippen LogP) is 14.5. The van der Waals surface area contributed by atoms with Gasteiger partial charge in [-0.05, 0) is 83.5 Å². The van der Waals surface area contributed by atoms with Crippen LogP contribution in [0, 0.1) is 0 Å². The summed E-state index contributed by atoms with van der Waals surface area (Å²) in [7, 11) is 0. The van der Waals surface area contributed by atoms with Crippen molar-refractivity contribution >= 4 is 11.9 Å². The van der Waals surface area contributed by atoms with Gasteiger partial charge in [-0.1, -0.05) is 192 Å². The van der Waals surface area contributed by atoms with Gasteiger partial charge in [-0.15, -0.1) is 0 Å². The maximum absolute atomic E-state index is 12.4. The summed E-state index contributed by atoms with van der Waals surface area (Å²) in [4.78, 5) is 24.4. The van der Waals surface area contributed by atoms with E-state index in [1.165, 1.54) is 154 Å². The third-order valence-corrected chi connectivity index (χ3v) is 11.1. The molecule has 0 aromatic rings. The second-order valence-electron chi connectivity index (χ2n) is 16.8. The Morgan fingerprint density at radius 1 is 0.474 bits per heavy atom. The normalized spacial score (nSPS) is 13.0. The molecule has 0 fully saturated rings. The third kappa shape index (κ3) is 43.5. The van der Waals surface area contributed by atoms with Crippen LogP contribution in [0.1, 0.15) is 251 Å². The van der Waals surface area contributed by atoms with Crippen LogP contribution < -0.4 is 5.32 Å². The van der Waals surface area contributed by atoms with E-state index in [-0.39, 0.29) is 18.5 Å². The smallest absolute Gasteiger partial charge is 0.305 e. The van der Waals surface area contributed by atoms with Gasteiger partial charge in [0, 0.05) is 12.8 Å². The number of amides is 1. The Morgan fingerprint density at radius 3 is 1.25 bits per heavy atom. The lowest BCUT2D eigenvalue weighted by molar-refractivity contribution is -0.143. The topological polar surface area (TPSA) is 95.9 Å². The van der Waals surface area contributed by atoms with Gasteiger partial charge in [-0.25, -0.2) is 0 Å². The minimum Gasteiger partial charge on any atom is -0.466 e. The molecule has 1 amide bonds. The predicted molar refractivity (Wildman–Crippen MR) is 246 cm³/mol. The molecule has 0 aliphatic rings. The summed E-state index contributed by atoms with van der Waals surface area (Å²) in [6.07, 6.45) is 55.7. The Morgan fingerprint density at radius 2 is 0.825 bits per heavy atom. The maximum atomic E-state index is 12.4. The Labute approximate surface area is 353 Å². The number of esters is 1. The zero-order valence-corrected chi connectivity index (χ0v) is 37.8. The number of rotatable bonds is 45. The number of hydrogen-bond acceptors (Lipinski definition) is 5. The highest BCUT2D eigenvalue weighted by atomic mass is 16.5. The molecular weight excluding hydrogens is 707 g/mol. The number of carbonyl (C=O) groups is 2. The monoisotopic (exact) mass is 802 g/mol. The fourth-order valence-electron chi connectivity index (χ4n) is 7.27. The highest BCUT2D eigenvalue weighted by Gasteiger charge is 2.18. The first-order chi connectivity index (χ1) is 28.0. The minimum atomic E-state index is -0.852. The molecule has 0 rings (SSSR count). The van der Waals surface area contributed by atoms with E-state index < -0.39 is 12.1 Å². The number of nitrogens with one attached hydrogen (secondary N) is 1. The van der Waals surface area contributed by atoms with Crippen molar-refractivity contribution in [3.8, 4) is 0 Å². The first-order valence-electron chi connectivity index (χ1n) is 24.8. The molecule has 6 nitrogen and oxygen atoms in total. The number of ether oxygens (including phenoxy) is 1. The van der Waals surface area contributed by atoms with Crippen LogP contribution in [0.25, 0.3) is 0 Å². The summed E-state index contributed by atoms with van der Waals surface area (Å²) in [5, 5.41) is 22.9. The van der Waals surface area contributed by atoms with Crippen LogP contribution in [-0.4, -0.2) is 47.4 Å². The summed E-state index contributed by atoms with van der Waals surface area (Å²) in [5.41, 5.74) is 0. The van der Waals surface area contributed by atoms with Gasteiger partial charge in [0.2, 0.25) is 5.91 Å². The Bertz CT molecular complexity index is 931. The van der Waals surface area contributed by atoms with E-state index in [9.17, 15) is 19.8 Å². The number of unbranched alkanes of at least 4 members (excludes halogenated alkanes) is 30. The molecule has 2 unspecified atom stereocenters. The molecule has 2 atom stereocenters. The SMILES string of the molecule is CCCCCCCC/C=C\CCCCCCCC(=O)OCCCCCC/C=C\CCCCCCCCCC(=O)NC(CO)C(O)/C=C/CCCCCCCCCC. The fraction of sp³-hybridized carbons (Fsp3) is 0.843. The van der Waals surface area contributed by atoms with Crippen LogP contribution >= 0.6 is 0 Å².